The predicted octanol–water partition coefficient (Wildman–Crippen LogP) is 2.99. The number of benzene rings is 2. The molecule has 4 nitrogen and oxygen atoms in total. The third-order valence-electron chi connectivity index (χ3n) is 3.68. The van der Waals surface area contributed by atoms with Gasteiger partial charge in [0.1, 0.15) is 0 Å². The molecular weight excluding hydrogens is 264 g/mol. The second-order valence-corrected chi connectivity index (χ2v) is 5.31. The number of fused-ring (bicyclic) bond motifs is 1. The maximum absolute atomic E-state index is 12.4. The molecular formula is C17H18N2O2. The van der Waals surface area contributed by atoms with E-state index in [0.717, 1.165) is 22.4 Å². The van der Waals surface area contributed by atoms with Crippen molar-refractivity contribution in [3.63, 3.8) is 0 Å². The van der Waals surface area contributed by atoms with Crippen molar-refractivity contribution in [2.45, 2.75) is 26.2 Å². The summed E-state index contributed by atoms with van der Waals surface area (Å²) < 4.78 is 5.37. The van der Waals surface area contributed by atoms with Crippen LogP contribution in [0.2, 0.25) is 0 Å². The van der Waals surface area contributed by atoms with Crippen LogP contribution in [-0.4, -0.2) is 5.91 Å². The molecule has 3 rings (SSSR count). The molecule has 1 atom stereocenters. The molecule has 4 heteroatoms. The lowest BCUT2D eigenvalue weighted by molar-refractivity contribution is 0.102. The normalized spacial score (nSPS) is 14.6. The second kappa shape index (κ2) is 5.68. The first-order valence-electron chi connectivity index (χ1n) is 7.00. The highest BCUT2D eigenvalue weighted by Crippen LogP contribution is 2.24. The Morgan fingerprint density at radius 2 is 1.95 bits per heavy atom. The zero-order chi connectivity index (χ0) is 14.8. The Bertz CT molecular complexity index is 680. The van der Waals surface area contributed by atoms with Gasteiger partial charge in [-0.05, 0) is 41.8 Å². The molecule has 1 aliphatic heterocycles. The molecule has 108 valence electrons. The number of rotatable bonds is 3. The van der Waals surface area contributed by atoms with E-state index in [2.05, 4.69) is 5.32 Å². The average Bonchev–Trinajstić information content (AvgIpc) is 2.94. The van der Waals surface area contributed by atoms with Crippen LogP contribution in [0, 0.1) is 0 Å². The van der Waals surface area contributed by atoms with Gasteiger partial charge in [0.2, 0.25) is 0 Å². The van der Waals surface area contributed by atoms with Crippen LogP contribution in [0.3, 0.4) is 0 Å². The van der Waals surface area contributed by atoms with Gasteiger partial charge in [-0.2, -0.15) is 0 Å². The summed E-state index contributed by atoms with van der Waals surface area (Å²) in [7, 11) is 0. The standard InChI is InChI=1S/C17H18N2O2/c1-11(18)15-4-2-3-5-16(15)19-17(20)12-6-7-13-9-21-10-14(13)8-12/h2-8,11H,9-10,18H2,1H3,(H,19,20). The summed E-state index contributed by atoms with van der Waals surface area (Å²) in [6.45, 7) is 3.11. The van der Waals surface area contributed by atoms with Crippen LogP contribution in [0.1, 0.15) is 40.0 Å². The van der Waals surface area contributed by atoms with Gasteiger partial charge in [0, 0.05) is 17.3 Å². The molecule has 0 aliphatic carbocycles. The Kier molecular flexibility index (Phi) is 3.73. The molecule has 0 aromatic heterocycles. The van der Waals surface area contributed by atoms with Gasteiger partial charge in [-0.15, -0.1) is 0 Å². The number of anilines is 1. The molecule has 0 saturated carbocycles. The number of amides is 1. The highest BCUT2D eigenvalue weighted by Gasteiger charge is 2.15. The number of nitrogens with two attached hydrogens (primary N) is 1. The van der Waals surface area contributed by atoms with E-state index in [0.29, 0.717) is 18.8 Å². The molecule has 3 N–H and O–H groups in total. The predicted molar refractivity (Wildman–Crippen MR) is 81.9 cm³/mol. The molecule has 1 aliphatic rings. The first-order valence-corrected chi connectivity index (χ1v) is 7.00. The molecule has 0 fully saturated rings. The third-order valence-corrected chi connectivity index (χ3v) is 3.68. The fourth-order valence-electron chi connectivity index (χ4n) is 2.52. The van der Waals surface area contributed by atoms with Crippen molar-refractivity contribution in [1.82, 2.24) is 0 Å². The summed E-state index contributed by atoms with van der Waals surface area (Å²) in [6, 6.07) is 13.1. The van der Waals surface area contributed by atoms with Crippen LogP contribution in [0.15, 0.2) is 42.5 Å². The van der Waals surface area contributed by atoms with Crippen LogP contribution in [0.25, 0.3) is 0 Å². The van der Waals surface area contributed by atoms with Crippen molar-refractivity contribution in [3.8, 4) is 0 Å². The van der Waals surface area contributed by atoms with Crippen molar-refractivity contribution in [3.05, 3.63) is 64.7 Å². The van der Waals surface area contributed by atoms with Gasteiger partial charge in [0.05, 0.1) is 13.2 Å². The quantitative estimate of drug-likeness (QED) is 0.909. The fraction of sp³-hybridized carbons (Fsp3) is 0.235. The Hall–Kier alpha value is -2.17. The minimum atomic E-state index is -0.130. The molecule has 1 heterocycles. The summed E-state index contributed by atoms with van der Waals surface area (Å²) in [6.07, 6.45) is 0. The van der Waals surface area contributed by atoms with E-state index < -0.39 is 0 Å². The molecule has 1 amide bonds. The molecule has 2 aromatic carbocycles. The van der Waals surface area contributed by atoms with E-state index in [4.69, 9.17) is 10.5 Å². The van der Waals surface area contributed by atoms with E-state index in [1.165, 1.54) is 0 Å². The average molecular weight is 282 g/mol. The smallest absolute Gasteiger partial charge is 0.255 e. The van der Waals surface area contributed by atoms with Crippen molar-refractivity contribution < 1.29 is 9.53 Å². The monoisotopic (exact) mass is 282 g/mol. The van der Waals surface area contributed by atoms with Crippen molar-refractivity contribution in [2.24, 2.45) is 5.73 Å². The molecule has 0 radical (unpaired) electrons. The molecule has 0 bridgehead atoms. The lowest BCUT2D eigenvalue weighted by Gasteiger charge is -2.13. The Morgan fingerprint density at radius 1 is 1.19 bits per heavy atom. The lowest BCUT2D eigenvalue weighted by atomic mass is 10.0. The molecule has 2 aromatic rings. The SMILES string of the molecule is CC(N)c1ccccc1NC(=O)c1ccc2c(c1)COC2. The van der Waals surface area contributed by atoms with E-state index in [1.54, 1.807) is 0 Å². The number of carbonyl (C=O) groups is 1. The Balaban J connectivity index is 1.84. The Labute approximate surface area is 123 Å². The molecule has 0 spiro atoms. The first-order chi connectivity index (χ1) is 10.1. The lowest BCUT2D eigenvalue weighted by Crippen LogP contribution is -2.16. The van der Waals surface area contributed by atoms with E-state index in [-0.39, 0.29) is 11.9 Å². The zero-order valence-electron chi connectivity index (χ0n) is 11.9. The summed E-state index contributed by atoms with van der Waals surface area (Å²) in [5.74, 6) is -0.127. The van der Waals surface area contributed by atoms with E-state index >= 15 is 0 Å². The van der Waals surface area contributed by atoms with E-state index in [1.807, 2.05) is 49.4 Å². The first kappa shape index (κ1) is 13.8. The molecule has 21 heavy (non-hydrogen) atoms. The van der Waals surface area contributed by atoms with Gasteiger partial charge in [0.25, 0.3) is 5.91 Å². The second-order valence-electron chi connectivity index (χ2n) is 5.31. The summed E-state index contributed by atoms with van der Waals surface area (Å²) >= 11 is 0. The maximum atomic E-state index is 12.4. The van der Waals surface area contributed by atoms with Gasteiger partial charge in [-0.25, -0.2) is 0 Å². The van der Waals surface area contributed by atoms with Gasteiger partial charge in [-0.1, -0.05) is 24.3 Å². The number of hydrogen-bond donors (Lipinski definition) is 2. The number of carbonyl (C=O) groups excluding carboxylic acids is 1. The fourth-order valence-corrected chi connectivity index (χ4v) is 2.52. The van der Waals surface area contributed by atoms with Crippen LogP contribution < -0.4 is 11.1 Å². The number of para-hydroxylation sites is 1. The summed E-state index contributed by atoms with van der Waals surface area (Å²) in [5.41, 5.74) is 10.5. The Morgan fingerprint density at radius 3 is 2.76 bits per heavy atom. The van der Waals surface area contributed by atoms with Gasteiger partial charge < -0.3 is 15.8 Å². The zero-order valence-corrected chi connectivity index (χ0v) is 11.9. The van der Waals surface area contributed by atoms with E-state index in [9.17, 15) is 4.79 Å². The van der Waals surface area contributed by atoms with Crippen LogP contribution in [0.5, 0.6) is 0 Å². The highest BCUT2D eigenvalue weighted by molar-refractivity contribution is 6.04. The molecule has 0 saturated heterocycles. The largest absolute Gasteiger partial charge is 0.372 e. The number of hydrogen-bond acceptors (Lipinski definition) is 3. The minimum Gasteiger partial charge on any atom is -0.372 e. The third kappa shape index (κ3) is 2.82. The van der Waals surface area contributed by atoms with Gasteiger partial charge in [-0.3, -0.25) is 4.79 Å². The van der Waals surface area contributed by atoms with Crippen molar-refractivity contribution in [2.75, 3.05) is 5.32 Å². The summed E-state index contributed by atoms with van der Waals surface area (Å²) in [4.78, 5) is 12.4. The summed E-state index contributed by atoms with van der Waals surface area (Å²) in [5, 5.41) is 2.94. The number of ether oxygens (including phenoxy) is 1. The van der Waals surface area contributed by atoms with Crippen LogP contribution in [0.4, 0.5) is 5.69 Å². The highest BCUT2D eigenvalue weighted by atomic mass is 16.5. The van der Waals surface area contributed by atoms with Crippen LogP contribution in [-0.2, 0) is 18.0 Å². The number of nitrogens with one attached hydrogen (secondary N) is 1. The van der Waals surface area contributed by atoms with Gasteiger partial charge in [0.15, 0.2) is 0 Å². The maximum Gasteiger partial charge on any atom is 0.255 e. The minimum absolute atomic E-state index is 0.127. The topological polar surface area (TPSA) is 64.3 Å². The van der Waals surface area contributed by atoms with Crippen molar-refractivity contribution in [1.29, 1.82) is 0 Å². The van der Waals surface area contributed by atoms with Crippen LogP contribution >= 0.6 is 0 Å². The van der Waals surface area contributed by atoms with Gasteiger partial charge >= 0.3 is 0 Å². The van der Waals surface area contributed by atoms with Crippen molar-refractivity contribution >= 4 is 11.6 Å². The molecule has 1 unspecified atom stereocenters.